The number of aryl methyl sites for hydroxylation is 1. The predicted octanol–water partition coefficient (Wildman–Crippen LogP) is 3.22. The first-order chi connectivity index (χ1) is 10.7. The van der Waals surface area contributed by atoms with Crippen molar-refractivity contribution in [3.8, 4) is 0 Å². The summed E-state index contributed by atoms with van der Waals surface area (Å²) >= 11 is 0. The van der Waals surface area contributed by atoms with Crippen molar-refractivity contribution >= 4 is 5.91 Å². The summed E-state index contributed by atoms with van der Waals surface area (Å²) in [5.41, 5.74) is 2.70. The average Bonchev–Trinajstić information content (AvgIpc) is 2.56. The molecule has 22 heavy (non-hydrogen) atoms. The summed E-state index contributed by atoms with van der Waals surface area (Å²) in [7, 11) is 0. The largest absolute Gasteiger partial charge is 0.340 e. The summed E-state index contributed by atoms with van der Waals surface area (Å²) in [4.78, 5) is 17.2. The molecule has 1 aromatic rings. The summed E-state index contributed by atoms with van der Waals surface area (Å²) in [5.74, 6) is 0.743. The topological polar surface area (TPSA) is 23.6 Å². The second-order valence-electron chi connectivity index (χ2n) is 6.93. The number of rotatable bonds is 3. The molecule has 1 saturated carbocycles. The van der Waals surface area contributed by atoms with E-state index in [1.54, 1.807) is 0 Å². The van der Waals surface area contributed by atoms with Gasteiger partial charge in [-0.05, 0) is 25.3 Å². The fraction of sp³-hybridized carbons (Fsp3) is 0.632. The first-order valence-corrected chi connectivity index (χ1v) is 8.79. The Morgan fingerprint density at radius 1 is 1.09 bits per heavy atom. The van der Waals surface area contributed by atoms with Crippen LogP contribution in [0.1, 0.15) is 43.2 Å². The van der Waals surface area contributed by atoms with E-state index >= 15 is 0 Å². The number of carbonyl (C=O) groups is 1. The quantitative estimate of drug-likeness (QED) is 0.856. The minimum Gasteiger partial charge on any atom is -0.340 e. The Hall–Kier alpha value is -1.35. The zero-order chi connectivity index (χ0) is 15.4. The molecule has 3 rings (SSSR count). The van der Waals surface area contributed by atoms with Gasteiger partial charge in [-0.3, -0.25) is 9.69 Å². The van der Waals surface area contributed by atoms with Gasteiger partial charge in [0.25, 0.3) is 0 Å². The van der Waals surface area contributed by atoms with Gasteiger partial charge < -0.3 is 4.90 Å². The zero-order valence-electron chi connectivity index (χ0n) is 13.8. The maximum Gasteiger partial charge on any atom is 0.225 e. The van der Waals surface area contributed by atoms with Gasteiger partial charge in [-0.2, -0.15) is 0 Å². The molecule has 0 aromatic heterocycles. The van der Waals surface area contributed by atoms with Gasteiger partial charge in [0, 0.05) is 38.6 Å². The van der Waals surface area contributed by atoms with E-state index in [4.69, 9.17) is 0 Å². The van der Waals surface area contributed by atoms with Crippen molar-refractivity contribution < 1.29 is 4.79 Å². The molecule has 1 aliphatic carbocycles. The van der Waals surface area contributed by atoms with Crippen molar-refractivity contribution in [1.82, 2.24) is 9.80 Å². The van der Waals surface area contributed by atoms with E-state index in [9.17, 15) is 4.79 Å². The van der Waals surface area contributed by atoms with Crippen LogP contribution in [0, 0.1) is 12.8 Å². The van der Waals surface area contributed by atoms with Gasteiger partial charge in [-0.1, -0.05) is 49.1 Å². The lowest BCUT2D eigenvalue weighted by Crippen LogP contribution is -2.50. The molecular formula is C19H28N2O. The van der Waals surface area contributed by atoms with Crippen LogP contribution in [-0.2, 0) is 11.3 Å². The molecule has 0 spiro atoms. The normalized spacial score (nSPS) is 21.0. The number of hydrogen-bond acceptors (Lipinski definition) is 2. The highest BCUT2D eigenvalue weighted by atomic mass is 16.2. The third-order valence-electron chi connectivity index (χ3n) is 5.13. The Kier molecular flexibility index (Phi) is 5.14. The summed E-state index contributed by atoms with van der Waals surface area (Å²) in [6.07, 6.45) is 6.02. The summed E-state index contributed by atoms with van der Waals surface area (Å²) in [5, 5.41) is 0. The number of amides is 1. The molecule has 0 radical (unpaired) electrons. The molecule has 3 nitrogen and oxygen atoms in total. The van der Waals surface area contributed by atoms with Crippen molar-refractivity contribution in [1.29, 1.82) is 0 Å². The van der Waals surface area contributed by atoms with Crippen LogP contribution < -0.4 is 0 Å². The summed E-state index contributed by atoms with van der Waals surface area (Å²) in [6, 6.07) is 8.74. The molecule has 0 N–H and O–H groups in total. The van der Waals surface area contributed by atoms with Gasteiger partial charge in [0.2, 0.25) is 5.91 Å². The molecule has 1 aliphatic heterocycles. The Balaban J connectivity index is 1.48. The van der Waals surface area contributed by atoms with Gasteiger partial charge in [-0.15, -0.1) is 0 Å². The highest BCUT2D eigenvalue weighted by Crippen LogP contribution is 2.26. The standard InChI is InChI=1S/C19H28N2O/c1-16-6-5-7-17(14-16)15-20-10-12-21(13-11-20)19(22)18-8-3-2-4-9-18/h5-7,14,18H,2-4,8-13,15H2,1H3. The monoisotopic (exact) mass is 300 g/mol. The van der Waals surface area contributed by atoms with E-state index in [1.807, 2.05) is 0 Å². The Bertz CT molecular complexity index is 500. The second kappa shape index (κ2) is 7.28. The first kappa shape index (κ1) is 15.5. The molecule has 0 atom stereocenters. The molecule has 1 aromatic carbocycles. The molecule has 2 fully saturated rings. The fourth-order valence-electron chi connectivity index (χ4n) is 3.80. The third kappa shape index (κ3) is 3.89. The summed E-state index contributed by atoms with van der Waals surface area (Å²) < 4.78 is 0. The zero-order valence-corrected chi connectivity index (χ0v) is 13.8. The highest BCUT2D eigenvalue weighted by Gasteiger charge is 2.28. The number of hydrogen-bond donors (Lipinski definition) is 0. The maximum absolute atomic E-state index is 12.6. The number of piperazine rings is 1. The molecule has 1 amide bonds. The molecule has 120 valence electrons. The molecule has 1 heterocycles. The van der Waals surface area contributed by atoms with Gasteiger partial charge >= 0.3 is 0 Å². The SMILES string of the molecule is Cc1cccc(CN2CCN(C(=O)C3CCCCC3)CC2)c1. The van der Waals surface area contributed by atoms with Crippen molar-refractivity contribution in [3.63, 3.8) is 0 Å². The van der Waals surface area contributed by atoms with E-state index in [0.29, 0.717) is 11.8 Å². The van der Waals surface area contributed by atoms with Crippen LogP contribution >= 0.6 is 0 Å². The Morgan fingerprint density at radius 2 is 1.82 bits per heavy atom. The van der Waals surface area contributed by atoms with Crippen LogP contribution in [0.2, 0.25) is 0 Å². The Labute approximate surface area is 134 Å². The van der Waals surface area contributed by atoms with Gasteiger partial charge in [0.15, 0.2) is 0 Å². The molecule has 0 bridgehead atoms. The lowest BCUT2D eigenvalue weighted by Gasteiger charge is -2.37. The summed E-state index contributed by atoms with van der Waals surface area (Å²) in [6.45, 7) is 6.97. The van der Waals surface area contributed by atoms with E-state index < -0.39 is 0 Å². The van der Waals surface area contributed by atoms with Crippen molar-refractivity contribution in [2.24, 2.45) is 5.92 Å². The average molecular weight is 300 g/mol. The van der Waals surface area contributed by atoms with E-state index in [1.165, 1.54) is 30.4 Å². The van der Waals surface area contributed by atoms with Crippen LogP contribution in [0.15, 0.2) is 24.3 Å². The van der Waals surface area contributed by atoms with Gasteiger partial charge in [0.1, 0.15) is 0 Å². The minimum atomic E-state index is 0.317. The lowest BCUT2D eigenvalue weighted by atomic mass is 9.88. The van der Waals surface area contributed by atoms with Gasteiger partial charge in [-0.25, -0.2) is 0 Å². The van der Waals surface area contributed by atoms with Crippen LogP contribution in [-0.4, -0.2) is 41.9 Å². The minimum absolute atomic E-state index is 0.317. The van der Waals surface area contributed by atoms with Crippen molar-refractivity contribution in [2.45, 2.75) is 45.6 Å². The molecule has 1 saturated heterocycles. The number of carbonyl (C=O) groups excluding carboxylic acids is 1. The maximum atomic E-state index is 12.6. The molecular weight excluding hydrogens is 272 g/mol. The third-order valence-corrected chi connectivity index (χ3v) is 5.13. The van der Waals surface area contributed by atoms with E-state index in [-0.39, 0.29) is 0 Å². The second-order valence-corrected chi connectivity index (χ2v) is 6.93. The molecule has 0 unspecified atom stereocenters. The fourth-order valence-corrected chi connectivity index (χ4v) is 3.80. The van der Waals surface area contributed by atoms with Crippen LogP contribution in [0.5, 0.6) is 0 Å². The lowest BCUT2D eigenvalue weighted by molar-refractivity contribution is -0.138. The van der Waals surface area contributed by atoms with Crippen LogP contribution in [0.4, 0.5) is 0 Å². The van der Waals surface area contributed by atoms with Crippen LogP contribution in [0.25, 0.3) is 0 Å². The smallest absolute Gasteiger partial charge is 0.225 e. The predicted molar refractivity (Wildman–Crippen MR) is 89.6 cm³/mol. The Morgan fingerprint density at radius 3 is 2.50 bits per heavy atom. The van der Waals surface area contributed by atoms with Crippen LogP contribution in [0.3, 0.4) is 0 Å². The molecule has 3 heteroatoms. The molecule has 2 aliphatic rings. The van der Waals surface area contributed by atoms with E-state index in [0.717, 1.165) is 45.6 Å². The van der Waals surface area contributed by atoms with Crippen molar-refractivity contribution in [3.05, 3.63) is 35.4 Å². The number of benzene rings is 1. The van der Waals surface area contributed by atoms with E-state index in [2.05, 4.69) is 41.0 Å². The highest BCUT2D eigenvalue weighted by molar-refractivity contribution is 5.79. The number of nitrogens with zero attached hydrogens (tertiary/aromatic N) is 2. The first-order valence-electron chi connectivity index (χ1n) is 8.79. The van der Waals surface area contributed by atoms with Gasteiger partial charge in [0.05, 0.1) is 0 Å². The van der Waals surface area contributed by atoms with Crippen molar-refractivity contribution in [2.75, 3.05) is 26.2 Å².